The van der Waals surface area contributed by atoms with Gasteiger partial charge in [-0.15, -0.1) is 0 Å². The van der Waals surface area contributed by atoms with E-state index in [1.165, 1.54) is 12.8 Å². The fraction of sp³-hybridized carbons (Fsp3) is 0.423. The second-order valence-electron chi connectivity index (χ2n) is 8.75. The summed E-state index contributed by atoms with van der Waals surface area (Å²) in [5.41, 5.74) is 2.67. The minimum absolute atomic E-state index is 0.117. The zero-order valence-electron chi connectivity index (χ0n) is 18.1. The van der Waals surface area contributed by atoms with Gasteiger partial charge in [0.25, 0.3) is 5.91 Å². The van der Waals surface area contributed by atoms with Crippen LogP contribution >= 0.6 is 0 Å². The first-order valence-corrected chi connectivity index (χ1v) is 11.5. The second kappa shape index (κ2) is 8.75. The topological polar surface area (TPSA) is 54.7 Å². The number of piperidine rings is 3. The van der Waals surface area contributed by atoms with Crippen molar-refractivity contribution in [2.75, 3.05) is 26.2 Å². The Kier molecular flexibility index (Phi) is 5.68. The molecule has 3 aliphatic rings. The summed E-state index contributed by atoms with van der Waals surface area (Å²) >= 11 is 0. The van der Waals surface area contributed by atoms with Crippen molar-refractivity contribution >= 4 is 16.9 Å². The summed E-state index contributed by atoms with van der Waals surface area (Å²) in [6, 6.07) is 16.1. The molecule has 1 atom stereocenters. The number of hydrogen-bond acceptors (Lipinski definition) is 4. The molecule has 2 aromatic carbocycles. The number of hydrogen-bond donors (Lipinski definition) is 1. The van der Waals surface area contributed by atoms with Gasteiger partial charge in [-0.05, 0) is 50.4 Å². The Hall–Kier alpha value is -2.79. The van der Waals surface area contributed by atoms with E-state index >= 15 is 0 Å². The predicted molar refractivity (Wildman–Crippen MR) is 122 cm³/mol. The number of para-hydroxylation sites is 2. The van der Waals surface area contributed by atoms with Gasteiger partial charge in [0.1, 0.15) is 11.3 Å². The highest BCUT2D eigenvalue weighted by molar-refractivity contribution is 6.00. The lowest BCUT2D eigenvalue weighted by atomic mass is 9.84. The van der Waals surface area contributed by atoms with E-state index < -0.39 is 0 Å². The lowest BCUT2D eigenvalue weighted by Gasteiger charge is -2.44. The quantitative estimate of drug-likeness (QED) is 0.542. The molecule has 0 aliphatic carbocycles. The molecule has 162 valence electrons. The van der Waals surface area contributed by atoms with Gasteiger partial charge in [0.05, 0.1) is 6.61 Å². The molecule has 1 aromatic heterocycles. The van der Waals surface area contributed by atoms with Crippen molar-refractivity contribution in [3.05, 3.63) is 54.3 Å². The Morgan fingerprint density at radius 3 is 2.71 bits per heavy atom. The third kappa shape index (κ3) is 4.07. The smallest absolute Gasteiger partial charge is 0.287 e. The van der Waals surface area contributed by atoms with Crippen LogP contribution in [0.5, 0.6) is 5.75 Å². The highest BCUT2D eigenvalue weighted by Crippen LogP contribution is 2.36. The van der Waals surface area contributed by atoms with Crippen molar-refractivity contribution in [2.24, 2.45) is 5.92 Å². The molecule has 6 rings (SSSR count). The maximum Gasteiger partial charge on any atom is 0.287 e. The molecule has 31 heavy (non-hydrogen) atoms. The molecule has 5 nitrogen and oxygen atoms in total. The number of unbranched alkanes of at least 4 members (excludes halogenated alkanes) is 1. The molecule has 1 unspecified atom stereocenters. The molecule has 5 heteroatoms. The van der Waals surface area contributed by atoms with Gasteiger partial charge >= 0.3 is 0 Å². The van der Waals surface area contributed by atoms with E-state index in [0.717, 1.165) is 60.3 Å². The first kappa shape index (κ1) is 20.1. The van der Waals surface area contributed by atoms with Gasteiger partial charge in [-0.1, -0.05) is 49.7 Å². The van der Waals surface area contributed by atoms with E-state index in [2.05, 4.69) is 17.1 Å². The van der Waals surface area contributed by atoms with Crippen LogP contribution in [-0.4, -0.2) is 43.1 Å². The number of carbonyl (C=O) groups is 1. The highest BCUT2D eigenvalue weighted by atomic mass is 16.5. The van der Waals surface area contributed by atoms with Crippen LogP contribution in [0.15, 0.2) is 52.9 Å². The van der Waals surface area contributed by atoms with Crippen LogP contribution in [0.4, 0.5) is 0 Å². The van der Waals surface area contributed by atoms with Crippen LogP contribution in [0.1, 0.15) is 43.2 Å². The van der Waals surface area contributed by atoms with Crippen molar-refractivity contribution in [3.8, 4) is 16.9 Å². The average molecular weight is 419 g/mol. The van der Waals surface area contributed by atoms with Crippen LogP contribution in [-0.2, 0) is 0 Å². The van der Waals surface area contributed by atoms with E-state index in [-0.39, 0.29) is 11.9 Å². The zero-order valence-corrected chi connectivity index (χ0v) is 18.1. The van der Waals surface area contributed by atoms with E-state index in [1.54, 1.807) is 0 Å². The molecule has 1 N–H and O–H groups in total. The molecule has 0 saturated carbocycles. The maximum absolute atomic E-state index is 13.0. The lowest BCUT2D eigenvalue weighted by Crippen LogP contribution is -2.57. The largest absolute Gasteiger partial charge is 0.493 e. The lowest BCUT2D eigenvalue weighted by molar-refractivity contribution is 0.0607. The molecular weight excluding hydrogens is 388 g/mol. The van der Waals surface area contributed by atoms with Crippen LogP contribution in [0.2, 0.25) is 0 Å². The van der Waals surface area contributed by atoms with E-state index in [9.17, 15) is 4.79 Å². The van der Waals surface area contributed by atoms with Crippen molar-refractivity contribution in [1.82, 2.24) is 10.2 Å². The highest BCUT2D eigenvalue weighted by Gasteiger charge is 2.35. The molecule has 3 aromatic rings. The number of amides is 1. The van der Waals surface area contributed by atoms with E-state index in [0.29, 0.717) is 18.3 Å². The van der Waals surface area contributed by atoms with Crippen molar-refractivity contribution < 1.29 is 13.9 Å². The normalized spacial score (nSPS) is 22.5. The summed E-state index contributed by atoms with van der Waals surface area (Å²) in [4.78, 5) is 15.4. The Bertz CT molecular complexity index is 1070. The van der Waals surface area contributed by atoms with Gasteiger partial charge in [-0.25, -0.2) is 0 Å². The fourth-order valence-electron chi connectivity index (χ4n) is 4.90. The molecule has 0 spiro atoms. The standard InChI is InChI=1S/C26H30N2O3/c1-2-3-15-30-23-10-5-4-8-20(23)21-9-6-7-19-16-24(31-25(19)21)26(29)27-22-17-28-13-11-18(22)12-14-28/h4-10,16,18,22H,2-3,11-15,17H2,1H3,(H,27,29). The van der Waals surface area contributed by atoms with E-state index in [4.69, 9.17) is 9.15 Å². The summed E-state index contributed by atoms with van der Waals surface area (Å²) in [5.74, 6) is 1.69. The van der Waals surface area contributed by atoms with Crippen molar-refractivity contribution in [2.45, 2.75) is 38.6 Å². The summed E-state index contributed by atoms with van der Waals surface area (Å²) in [6.07, 6.45) is 4.45. The fourth-order valence-corrected chi connectivity index (χ4v) is 4.90. The van der Waals surface area contributed by atoms with Gasteiger partial charge < -0.3 is 19.4 Å². The maximum atomic E-state index is 13.0. The Morgan fingerprint density at radius 1 is 1.13 bits per heavy atom. The van der Waals surface area contributed by atoms with Gasteiger partial charge in [0.2, 0.25) is 0 Å². The molecule has 1 amide bonds. The number of benzene rings is 2. The number of fused-ring (bicyclic) bond motifs is 4. The summed E-state index contributed by atoms with van der Waals surface area (Å²) in [6.45, 7) is 6.11. The van der Waals surface area contributed by atoms with E-state index in [1.807, 2.05) is 48.5 Å². The molecule has 3 saturated heterocycles. The molecule has 4 heterocycles. The first-order chi connectivity index (χ1) is 15.2. The van der Waals surface area contributed by atoms with Gasteiger partial charge in [-0.3, -0.25) is 4.79 Å². The SMILES string of the molecule is CCCCOc1ccccc1-c1cccc2cc(C(=O)NC3CN4CCC3CC4)oc12. The average Bonchev–Trinajstić information content (AvgIpc) is 3.25. The number of ether oxygens (including phenoxy) is 1. The van der Waals surface area contributed by atoms with Gasteiger partial charge in [0.15, 0.2) is 5.76 Å². The van der Waals surface area contributed by atoms with Crippen LogP contribution in [0.25, 0.3) is 22.1 Å². The van der Waals surface area contributed by atoms with Crippen molar-refractivity contribution in [1.29, 1.82) is 0 Å². The molecule has 0 radical (unpaired) electrons. The number of nitrogens with one attached hydrogen (secondary N) is 1. The summed E-state index contributed by atoms with van der Waals surface area (Å²) in [7, 11) is 0. The summed E-state index contributed by atoms with van der Waals surface area (Å²) < 4.78 is 12.2. The second-order valence-corrected chi connectivity index (χ2v) is 8.75. The third-order valence-electron chi connectivity index (χ3n) is 6.67. The number of nitrogens with zero attached hydrogens (tertiary/aromatic N) is 1. The summed E-state index contributed by atoms with van der Waals surface area (Å²) in [5, 5.41) is 4.16. The third-order valence-corrected chi connectivity index (χ3v) is 6.67. The predicted octanol–water partition coefficient (Wildman–Crippen LogP) is 5.10. The number of rotatable bonds is 7. The number of carbonyl (C=O) groups excluding carboxylic acids is 1. The van der Waals surface area contributed by atoms with Crippen molar-refractivity contribution in [3.63, 3.8) is 0 Å². The Labute approximate surface area is 183 Å². The molecule has 3 aliphatic heterocycles. The van der Waals surface area contributed by atoms with Crippen LogP contribution in [0, 0.1) is 5.92 Å². The Balaban J connectivity index is 1.41. The Morgan fingerprint density at radius 2 is 1.94 bits per heavy atom. The zero-order chi connectivity index (χ0) is 21.2. The van der Waals surface area contributed by atoms with Crippen LogP contribution in [0.3, 0.4) is 0 Å². The van der Waals surface area contributed by atoms with Crippen LogP contribution < -0.4 is 10.1 Å². The molecular formula is C26H30N2O3. The minimum Gasteiger partial charge on any atom is -0.493 e. The molecule has 2 bridgehead atoms. The molecule has 3 fully saturated rings. The first-order valence-electron chi connectivity index (χ1n) is 11.5. The number of furan rings is 1. The minimum atomic E-state index is -0.117. The monoisotopic (exact) mass is 418 g/mol. The van der Waals surface area contributed by atoms with Gasteiger partial charge in [-0.2, -0.15) is 0 Å². The van der Waals surface area contributed by atoms with Gasteiger partial charge in [0, 0.05) is 29.1 Å².